The number of para-hydroxylation sites is 2. The van der Waals surface area contributed by atoms with Crippen molar-refractivity contribution < 1.29 is 26.7 Å². The first-order valence-electron chi connectivity index (χ1n) is 16.3. The molecule has 43 heavy (non-hydrogen) atoms. The van der Waals surface area contributed by atoms with Crippen LogP contribution in [-0.4, -0.2) is 11.4 Å². The Balaban J connectivity index is 0.000000491. The minimum atomic E-state index is -0.369. The van der Waals surface area contributed by atoms with E-state index < -0.39 is 0 Å². The van der Waals surface area contributed by atoms with Gasteiger partial charge in [0.15, 0.2) is 0 Å². The van der Waals surface area contributed by atoms with Crippen LogP contribution in [0.1, 0.15) is 116 Å². The number of aliphatic imine (C=N–C) groups is 2. The van der Waals surface area contributed by atoms with Crippen molar-refractivity contribution in [3.8, 4) is 11.5 Å². The summed E-state index contributed by atoms with van der Waals surface area (Å²) in [5.41, 5.74) is 6.17. The minimum absolute atomic E-state index is 0. The smallest absolute Gasteiger partial charge is 0.873 e. The second-order valence-corrected chi connectivity index (χ2v) is 10.9. The van der Waals surface area contributed by atoms with E-state index in [1.807, 2.05) is 25.1 Å². The molecule has 3 aromatic carbocycles. The quantitative estimate of drug-likeness (QED) is 0.0849. The Morgan fingerprint density at radius 3 is 1.51 bits per heavy atom. The summed E-state index contributed by atoms with van der Waals surface area (Å²) in [4.78, 5) is 10.0. The van der Waals surface area contributed by atoms with Crippen LogP contribution in [0.2, 0.25) is 0 Å². The Kier molecular flexibility index (Phi) is 20.9. The van der Waals surface area contributed by atoms with Gasteiger partial charge in [0.1, 0.15) is 0 Å². The molecule has 0 N–H and O–H groups in total. The van der Waals surface area contributed by atoms with Gasteiger partial charge in [-0.25, -0.2) is 0 Å². The Morgan fingerprint density at radius 1 is 0.558 bits per heavy atom. The van der Waals surface area contributed by atoms with Crippen LogP contribution in [0.4, 0.5) is 11.4 Å². The topological polar surface area (TPSA) is 70.8 Å². The van der Waals surface area contributed by atoms with E-state index in [0.717, 1.165) is 59.6 Å². The van der Waals surface area contributed by atoms with Gasteiger partial charge < -0.3 is 10.2 Å². The second kappa shape index (κ2) is 23.5. The Bertz CT molecular complexity index is 1190. The van der Waals surface area contributed by atoms with Gasteiger partial charge in [0.2, 0.25) is 0 Å². The molecule has 0 unspecified atom stereocenters. The molecule has 0 heterocycles. The first kappa shape index (κ1) is 38.1. The van der Waals surface area contributed by atoms with E-state index in [2.05, 4.69) is 69.3 Å². The van der Waals surface area contributed by atoms with Crippen LogP contribution in [0, 0.1) is 0 Å². The molecule has 0 bridgehead atoms. The summed E-state index contributed by atoms with van der Waals surface area (Å²) in [7, 11) is 0. The number of benzene rings is 3. The molecule has 0 amide bonds. The van der Waals surface area contributed by atoms with Gasteiger partial charge >= 0.3 is 16.5 Å². The summed E-state index contributed by atoms with van der Waals surface area (Å²) in [6, 6.07) is 23.8. The Morgan fingerprint density at radius 2 is 1.02 bits per heavy atom. The predicted molar refractivity (Wildman–Crippen MR) is 178 cm³/mol. The Labute approximate surface area is 271 Å². The van der Waals surface area contributed by atoms with E-state index in [1.54, 1.807) is 0 Å². The molecule has 0 saturated carbocycles. The van der Waals surface area contributed by atoms with Crippen LogP contribution in [0.5, 0.6) is 11.5 Å². The zero-order valence-corrected chi connectivity index (χ0v) is 27.8. The van der Waals surface area contributed by atoms with Crippen LogP contribution in [0.15, 0.2) is 82.8 Å². The maximum atomic E-state index is 11.5. The summed E-state index contributed by atoms with van der Waals surface area (Å²) in [6.07, 6.45) is 15.7. The number of hydrogen-bond acceptors (Lipinski definition) is 4. The molecular formula is C38H52N2NiO2. The number of unbranched alkanes of at least 4 members (excludes halogenated alkanes) is 7. The normalized spacial score (nSPS) is 11.4. The van der Waals surface area contributed by atoms with Crippen molar-refractivity contribution in [3.05, 3.63) is 83.9 Å². The van der Waals surface area contributed by atoms with Gasteiger partial charge in [0.05, 0.1) is 22.8 Å². The van der Waals surface area contributed by atoms with E-state index >= 15 is 0 Å². The Hall–Kier alpha value is -2.91. The minimum Gasteiger partial charge on any atom is -0.873 e. The second-order valence-electron chi connectivity index (χ2n) is 10.9. The fourth-order valence-electron chi connectivity index (χ4n) is 4.94. The molecule has 0 radical (unpaired) electrons. The van der Waals surface area contributed by atoms with Crippen molar-refractivity contribution in [3.63, 3.8) is 0 Å². The first-order valence-corrected chi connectivity index (χ1v) is 16.3. The van der Waals surface area contributed by atoms with Gasteiger partial charge in [-0.05, 0) is 74.8 Å². The van der Waals surface area contributed by atoms with Crippen molar-refractivity contribution in [2.75, 3.05) is 0 Å². The van der Waals surface area contributed by atoms with E-state index in [1.165, 1.54) is 63.9 Å². The first-order chi connectivity index (χ1) is 20.5. The van der Waals surface area contributed by atoms with Crippen LogP contribution in [-0.2, 0) is 29.3 Å². The van der Waals surface area contributed by atoms with Gasteiger partial charge in [0.25, 0.3) is 0 Å². The fraction of sp³-hybridized carbons (Fsp3) is 0.474. The maximum Gasteiger partial charge on any atom is 2.00 e. The molecule has 0 atom stereocenters. The molecule has 0 aliphatic heterocycles. The SMILES string of the molecule is CCCCCCC(=Nc1ccccc1)C(CCCCC)=Nc1ccccc1.CCCCCc1ccc([O-])c([O-])c1CC.[Ni+2]. The van der Waals surface area contributed by atoms with Crippen molar-refractivity contribution in [2.45, 2.75) is 118 Å². The predicted octanol–water partition coefficient (Wildman–Crippen LogP) is 10.2. The molecule has 236 valence electrons. The third-order valence-corrected chi connectivity index (χ3v) is 7.38. The summed E-state index contributed by atoms with van der Waals surface area (Å²) < 4.78 is 0. The molecule has 0 aromatic heterocycles. The molecule has 0 aliphatic rings. The van der Waals surface area contributed by atoms with Gasteiger partial charge in [-0.15, -0.1) is 11.5 Å². The summed E-state index contributed by atoms with van der Waals surface area (Å²) >= 11 is 0. The number of rotatable bonds is 17. The van der Waals surface area contributed by atoms with Gasteiger partial charge in [-0.3, -0.25) is 9.98 Å². The maximum absolute atomic E-state index is 11.5. The molecule has 3 rings (SSSR count). The van der Waals surface area contributed by atoms with Crippen molar-refractivity contribution >= 4 is 22.8 Å². The van der Waals surface area contributed by atoms with E-state index in [-0.39, 0.29) is 28.0 Å². The van der Waals surface area contributed by atoms with Gasteiger partial charge in [-0.1, -0.05) is 127 Å². The monoisotopic (exact) mass is 626 g/mol. The molecule has 0 saturated heterocycles. The van der Waals surface area contributed by atoms with Crippen LogP contribution < -0.4 is 10.2 Å². The molecule has 0 spiro atoms. The number of aryl methyl sites for hydroxylation is 1. The summed E-state index contributed by atoms with van der Waals surface area (Å²) in [5, 5.41) is 22.7. The van der Waals surface area contributed by atoms with E-state index in [4.69, 9.17) is 9.98 Å². The average molecular weight is 628 g/mol. The van der Waals surface area contributed by atoms with Crippen LogP contribution in [0.25, 0.3) is 0 Å². The van der Waals surface area contributed by atoms with Crippen molar-refractivity contribution in [1.82, 2.24) is 0 Å². The molecule has 5 heteroatoms. The average Bonchev–Trinajstić information content (AvgIpc) is 3.02. The molecule has 0 fully saturated rings. The molecule has 0 aliphatic carbocycles. The van der Waals surface area contributed by atoms with Gasteiger partial charge in [0, 0.05) is 0 Å². The molecular weight excluding hydrogens is 575 g/mol. The summed E-state index contributed by atoms with van der Waals surface area (Å²) in [6.45, 7) is 8.59. The van der Waals surface area contributed by atoms with Crippen LogP contribution >= 0.6 is 0 Å². The summed E-state index contributed by atoms with van der Waals surface area (Å²) in [5.74, 6) is -0.669. The van der Waals surface area contributed by atoms with E-state index in [0.29, 0.717) is 6.42 Å². The van der Waals surface area contributed by atoms with Crippen molar-refractivity contribution in [2.24, 2.45) is 9.98 Å². The van der Waals surface area contributed by atoms with E-state index in [9.17, 15) is 10.2 Å². The molecule has 3 aromatic rings. The van der Waals surface area contributed by atoms with Crippen LogP contribution in [0.3, 0.4) is 0 Å². The number of hydrogen-bond donors (Lipinski definition) is 0. The zero-order chi connectivity index (χ0) is 30.4. The zero-order valence-electron chi connectivity index (χ0n) is 26.9. The third-order valence-electron chi connectivity index (χ3n) is 7.38. The fourth-order valence-corrected chi connectivity index (χ4v) is 4.94. The number of nitrogens with zero attached hydrogens (tertiary/aromatic N) is 2. The largest absolute Gasteiger partial charge is 2.00 e. The standard InChI is InChI=1S/C25H34N2.C13H20O2.Ni/c1-3-5-7-15-21-25(27-23-18-13-9-14-19-23)24(20-10-6-4-2)26-22-16-11-8-12-17-22;1-3-5-6-7-10-8-9-12(14)13(15)11(10)4-2;/h8-9,11-14,16-19H,3-7,10,15,20-21H2,1-2H3;8-9,14-15H,3-7H2,1-2H3;/q;;+2/p-2. The van der Waals surface area contributed by atoms with Crippen molar-refractivity contribution in [1.29, 1.82) is 0 Å². The van der Waals surface area contributed by atoms with Gasteiger partial charge in [-0.2, -0.15) is 0 Å². The molecule has 4 nitrogen and oxygen atoms in total. The third kappa shape index (κ3) is 14.9.